The number of carbonyl (C=O) groups excluding carboxylic acids is 5. The zero-order valence-electron chi connectivity index (χ0n) is 20.6. The van der Waals surface area contributed by atoms with Crippen LogP contribution in [0.25, 0.3) is 0 Å². The van der Waals surface area contributed by atoms with E-state index in [9.17, 15) is 37.1 Å². The van der Waals surface area contributed by atoms with E-state index in [1.807, 2.05) is 0 Å². The van der Waals surface area contributed by atoms with E-state index in [1.54, 1.807) is 0 Å². The summed E-state index contributed by atoms with van der Waals surface area (Å²) in [6, 6.07) is -2.60. The van der Waals surface area contributed by atoms with Gasteiger partial charge in [-0.15, -0.1) is 13.2 Å². The number of ketones is 1. The van der Waals surface area contributed by atoms with E-state index in [4.69, 9.17) is 4.74 Å². The molecule has 3 saturated heterocycles. The molecule has 210 valence electrons. The Morgan fingerprint density at radius 3 is 2.50 bits per heavy atom. The first-order valence-electron chi connectivity index (χ1n) is 13.0. The molecule has 14 heteroatoms. The maximum Gasteiger partial charge on any atom is 0.522 e. The monoisotopic (exact) mass is 544 g/mol. The molecule has 2 saturated carbocycles. The van der Waals surface area contributed by atoms with Gasteiger partial charge in [-0.1, -0.05) is 6.42 Å². The lowest BCUT2D eigenvalue weighted by molar-refractivity contribution is -0.321. The Morgan fingerprint density at radius 1 is 1.11 bits per heavy atom. The molecule has 8 atom stereocenters. The molecule has 0 aromatic carbocycles. The molecule has 5 fully saturated rings. The fraction of sp³-hybridized carbons (Fsp3) is 0.792. The number of rotatable bonds is 8. The van der Waals surface area contributed by atoms with Crippen LogP contribution in [0.1, 0.15) is 32.1 Å². The largest absolute Gasteiger partial charge is 0.522 e. The summed E-state index contributed by atoms with van der Waals surface area (Å²) in [6.45, 7) is 0.287. The van der Waals surface area contributed by atoms with Crippen molar-refractivity contribution in [2.45, 2.75) is 56.6 Å². The summed E-state index contributed by atoms with van der Waals surface area (Å²) in [6.07, 6.45) is -2.62. The van der Waals surface area contributed by atoms with Gasteiger partial charge in [0.25, 0.3) is 0 Å². The van der Waals surface area contributed by atoms with Crippen LogP contribution < -0.4 is 16.0 Å². The van der Waals surface area contributed by atoms with Gasteiger partial charge in [0.2, 0.25) is 11.8 Å². The molecule has 38 heavy (non-hydrogen) atoms. The van der Waals surface area contributed by atoms with Crippen molar-refractivity contribution in [2.24, 2.45) is 29.6 Å². The molecule has 0 aromatic heterocycles. The number of Topliss-reactive ketones (excluding diaryl/α,β-unsaturated/α-hetero) is 1. The van der Waals surface area contributed by atoms with Crippen LogP contribution in [0.15, 0.2) is 0 Å². The van der Waals surface area contributed by atoms with Gasteiger partial charge in [0.05, 0.1) is 19.3 Å². The Balaban J connectivity index is 1.28. The zero-order chi connectivity index (χ0) is 27.2. The molecule has 1 unspecified atom stereocenters. The number of alkyl halides is 3. The molecule has 3 N–H and O–H groups in total. The van der Waals surface area contributed by atoms with Gasteiger partial charge in [0.1, 0.15) is 12.6 Å². The molecule has 0 aromatic rings. The molecule has 0 radical (unpaired) electrons. The average molecular weight is 545 g/mol. The smallest absolute Gasteiger partial charge is 0.381 e. The first-order valence-corrected chi connectivity index (χ1v) is 13.0. The number of ether oxygens (including phenoxy) is 2. The number of likely N-dealkylation sites (tertiary alicyclic amines) is 1. The quantitative estimate of drug-likeness (QED) is 0.350. The molecule has 4 amide bonds. The Hall–Kier alpha value is -2.74. The summed E-state index contributed by atoms with van der Waals surface area (Å²) in [4.78, 5) is 65.4. The van der Waals surface area contributed by atoms with E-state index in [2.05, 4.69) is 20.7 Å². The summed E-state index contributed by atoms with van der Waals surface area (Å²) >= 11 is 0. The molecule has 2 aliphatic carbocycles. The van der Waals surface area contributed by atoms with Crippen molar-refractivity contribution in [1.29, 1.82) is 0 Å². The van der Waals surface area contributed by atoms with Gasteiger partial charge in [-0.05, 0) is 37.5 Å². The highest BCUT2D eigenvalue weighted by atomic mass is 19.4. The van der Waals surface area contributed by atoms with Crippen molar-refractivity contribution in [1.82, 2.24) is 20.9 Å². The van der Waals surface area contributed by atoms with Gasteiger partial charge in [-0.3, -0.25) is 28.7 Å². The third-order valence-corrected chi connectivity index (χ3v) is 8.63. The summed E-state index contributed by atoms with van der Waals surface area (Å²) < 4.78 is 46.7. The normalized spacial score (nSPS) is 34.3. The number of nitrogens with one attached hydrogen (secondary N) is 3. The maximum absolute atomic E-state index is 13.5. The van der Waals surface area contributed by atoms with E-state index in [1.165, 1.54) is 4.90 Å². The molecule has 11 nitrogen and oxygen atoms in total. The molecule has 5 aliphatic rings. The predicted molar refractivity (Wildman–Crippen MR) is 121 cm³/mol. The number of carbonyl (C=O) groups is 5. The first kappa shape index (κ1) is 26.9. The minimum Gasteiger partial charge on any atom is -0.381 e. The van der Waals surface area contributed by atoms with Gasteiger partial charge in [-0.25, -0.2) is 0 Å². The lowest BCUT2D eigenvalue weighted by Crippen LogP contribution is -2.56. The van der Waals surface area contributed by atoms with E-state index < -0.39 is 54.5 Å². The highest BCUT2D eigenvalue weighted by Gasteiger charge is 2.56. The number of hydrogen-bond donors (Lipinski definition) is 3. The highest BCUT2D eigenvalue weighted by Crippen LogP contribution is 2.45. The summed E-state index contributed by atoms with van der Waals surface area (Å²) in [5.41, 5.74) is 0. The summed E-state index contributed by atoms with van der Waals surface area (Å²) in [7, 11) is 0. The van der Waals surface area contributed by atoms with Crippen molar-refractivity contribution >= 4 is 29.4 Å². The summed E-state index contributed by atoms with van der Waals surface area (Å²) in [5.74, 6) is -4.30. The fourth-order valence-electron chi connectivity index (χ4n) is 6.58. The molecule has 3 aliphatic heterocycles. The molecule has 0 spiro atoms. The Kier molecular flexibility index (Phi) is 7.37. The topological polar surface area (TPSA) is 143 Å². The Bertz CT molecular complexity index is 998. The van der Waals surface area contributed by atoms with E-state index in [0.29, 0.717) is 32.6 Å². The van der Waals surface area contributed by atoms with Crippen molar-refractivity contribution in [3.63, 3.8) is 0 Å². The predicted octanol–water partition coefficient (Wildman–Crippen LogP) is -0.509. The van der Waals surface area contributed by atoms with Crippen molar-refractivity contribution < 1.29 is 46.6 Å². The SMILES string of the molecule is O=C(NC1[C@H]2COC[C@@H]12)C(=O)N1C[C@@H]2CCC[C@@H]2[C@H]1C(=O)N[C@@H](C[C@@H]1CCNC1=O)C(=O)COC(F)(F)F. The van der Waals surface area contributed by atoms with E-state index in [0.717, 1.165) is 12.8 Å². The second kappa shape index (κ2) is 10.4. The standard InChI is InChI=1S/C24H31F3N4O7/c25-24(26,27)38-10-17(32)16(6-11-4-5-28-20(11)33)29-21(34)19-13-3-1-2-12(13)7-31(19)23(36)22(35)30-18-14-8-37-9-15(14)18/h11-16,18-19H,1-10H2,(H,28,33)(H,29,34)(H,30,35)/t11-,12-,13-,14-,15+,16-,18?,19-/m0/s1. The maximum atomic E-state index is 13.5. The number of hydrogen-bond acceptors (Lipinski definition) is 7. The van der Waals surface area contributed by atoms with E-state index >= 15 is 0 Å². The number of halogens is 3. The lowest BCUT2D eigenvalue weighted by atomic mass is 9.92. The summed E-state index contributed by atoms with van der Waals surface area (Å²) in [5, 5.41) is 7.84. The average Bonchev–Trinajstić information content (AvgIpc) is 3.42. The van der Waals surface area contributed by atoms with Crippen LogP contribution in [0.5, 0.6) is 0 Å². The van der Waals surface area contributed by atoms with Gasteiger partial charge < -0.3 is 25.6 Å². The van der Waals surface area contributed by atoms with Crippen LogP contribution >= 0.6 is 0 Å². The van der Waals surface area contributed by atoms with E-state index in [-0.39, 0.29) is 48.6 Å². The first-order chi connectivity index (χ1) is 18.0. The van der Waals surface area contributed by atoms with Crippen molar-refractivity contribution in [2.75, 3.05) is 32.9 Å². The van der Waals surface area contributed by atoms with Gasteiger partial charge in [0.15, 0.2) is 5.78 Å². The highest BCUT2D eigenvalue weighted by molar-refractivity contribution is 6.35. The van der Waals surface area contributed by atoms with Crippen LogP contribution in [-0.4, -0.2) is 91.7 Å². The molecule has 3 heterocycles. The number of amides is 4. The molecule has 0 bridgehead atoms. The van der Waals surface area contributed by atoms with Crippen LogP contribution in [0.3, 0.4) is 0 Å². The second-order valence-electron chi connectivity index (χ2n) is 10.9. The number of nitrogens with zero attached hydrogens (tertiary/aromatic N) is 1. The minimum absolute atomic E-state index is 0.000435. The van der Waals surface area contributed by atoms with Crippen molar-refractivity contribution in [3.05, 3.63) is 0 Å². The number of fused-ring (bicyclic) bond motifs is 2. The Morgan fingerprint density at radius 2 is 1.84 bits per heavy atom. The molecular weight excluding hydrogens is 513 g/mol. The van der Waals surface area contributed by atoms with Crippen LogP contribution in [0.4, 0.5) is 13.2 Å². The van der Waals surface area contributed by atoms with Crippen LogP contribution in [0.2, 0.25) is 0 Å². The lowest BCUT2D eigenvalue weighted by Gasteiger charge is -2.29. The zero-order valence-corrected chi connectivity index (χ0v) is 20.6. The Labute approximate surface area is 216 Å². The molecular formula is C24H31F3N4O7. The van der Waals surface area contributed by atoms with Crippen LogP contribution in [-0.2, 0) is 33.4 Å². The van der Waals surface area contributed by atoms with Gasteiger partial charge in [0, 0.05) is 36.9 Å². The minimum atomic E-state index is -5.04. The van der Waals surface area contributed by atoms with Gasteiger partial charge >= 0.3 is 18.2 Å². The van der Waals surface area contributed by atoms with Crippen molar-refractivity contribution in [3.8, 4) is 0 Å². The van der Waals surface area contributed by atoms with Gasteiger partial charge in [-0.2, -0.15) is 0 Å². The second-order valence-corrected chi connectivity index (χ2v) is 10.9. The molecule has 5 rings (SSSR count). The fourth-order valence-corrected chi connectivity index (χ4v) is 6.58. The third kappa shape index (κ3) is 5.51. The third-order valence-electron chi connectivity index (χ3n) is 8.63. The van der Waals surface area contributed by atoms with Crippen LogP contribution in [0, 0.1) is 29.6 Å².